The Kier molecular flexibility index (Phi) is 3.92. The van der Waals surface area contributed by atoms with E-state index in [1.165, 1.54) is 5.56 Å². The number of fused-ring (bicyclic) bond motifs is 6. The molecule has 0 saturated heterocycles. The summed E-state index contributed by atoms with van der Waals surface area (Å²) < 4.78 is 21.7. The number of ether oxygens (including phenoxy) is 3. The van der Waals surface area contributed by atoms with Gasteiger partial charge in [0.15, 0.2) is 17.1 Å². The van der Waals surface area contributed by atoms with E-state index in [1.807, 2.05) is 12.1 Å². The van der Waals surface area contributed by atoms with Gasteiger partial charge in [0.2, 0.25) is 6.79 Å². The lowest BCUT2D eigenvalue weighted by atomic mass is 9.37. The third-order valence-corrected chi connectivity index (χ3v) is 10.1. The monoisotopic (exact) mass is 599 g/mol. The molecule has 36 heavy (non-hydrogen) atoms. The van der Waals surface area contributed by atoms with Crippen molar-refractivity contribution in [3.8, 4) is 22.9 Å². The number of carbonyl (C=O) groups excluding carboxylic acids is 1. The summed E-state index contributed by atoms with van der Waals surface area (Å²) in [5.41, 5.74) is 3.19. The molecule has 6 aliphatic rings. The molecule has 9 nitrogen and oxygen atoms in total. The quantitative estimate of drug-likeness (QED) is 0.210. The molecule has 3 aliphatic carbocycles. The first kappa shape index (κ1) is 21.4. The van der Waals surface area contributed by atoms with Gasteiger partial charge in [-0.2, -0.15) is 0 Å². The Balaban J connectivity index is 1.41. The van der Waals surface area contributed by atoms with Crippen LogP contribution >= 0.6 is 22.9 Å². The number of halogens is 1. The van der Waals surface area contributed by atoms with E-state index in [0.29, 0.717) is 34.9 Å². The van der Waals surface area contributed by atoms with Crippen LogP contribution in [0.15, 0.2) is 23.0 Å². The molecule has 3 saturated carbocycles. The number of carbonyl (C=O) groups is 1. The third-order valence-electron chi connectivity index (χ3n) is 8.94. The Morgan fingerprint density at radius 1 is 1.11 bits per heavy atom. The Morgan fingerprint density at radius 2 is 1.86 bits per heavy atom. The van der Waals surface area contributed by atoms with Crippen molar-refractivity contribution in [2.75, 3.05) is 6.79 Å². The molecule has 9 rings (SSSR count). The number of aromatic nitrogens is 2. The zero-order valence-corrected chi connectivity index (χ0v) is 21.6. The summed E-state index contributed by atoms with van der Waals surface area (Å²) in [6.07, 6.45) is 3.21. The van der Waals surface area contributed by atoms with E-state index in [2.05, 4.69) is 26.4 Å². The van der Waals surface area contributed by atoms with Crippen LogP contribution in [-0.4, -0.2) is 33.0 Å². The van der Waals surface area contributed by atoms with Crippen LogP contribution in [0.25, 0.3) is 22.3 Å². The van der Waals surface area contributed by atoms with Gasteiger partial charge in [0, 0.05) is 56.4 Å². The summed E-state index contributed by atoms with van der Waals surface area (Å²) in [4.78, 5) is 31.2. The van der Waals surface area contributed by atoms with Gasteiger partial charge in [0.1, 0.15) is 6.61 Å². The minimum absolute atomic E-state index is 0.0195. The number of cyclic esters (lactones) is 1. The highest BCUT2D eigenvalue weighted by atomic mass is 127. The van der Waals surface area contributed by atoms with Crippen LogP contribution in [0.1, 0.15) is 54.9 Å². The van der Waals surface area contributed by atoms with Crippen molar-refractivity contribution < 1.29 is 24.1 Å². The van der Waals surface area contributed by atoms with Gasteiger partial charge < -0.3 is 23.9 Å². The fourth-order valence-corrected chi connectivity index (χ4v) is 7.80. The van der Waals surface area contributed by atoms with Crippen LogP contribution in [0.4, 0.5) is 0 Å². The molecular formula is C26H22IN3O6. The Bertz CT molecular complexity index is 1610. The number of nitrogens with one attached hydrogen (secondary N) is 1. The zero-order valence-electron chi connectivity index (χ0n) is 19.4. The van der Waals surface area contributed by atoms with Crippen molar-refractivity contribution in [1.29, 1.82) is 0 Å². The maximum atomic E-state index is 13.7. The molecule has 5 heterocycles. The molecule has 3 aromatic rings. The van der Waals surface area contributed by atoms with Crippen LogP contribution in [0, 0.1) is 0 Å². The Morgan fingerprint density at radius 3 is 2.58 bits per heavy atom. The van der Waals surface area contributed by atoms with Gasteiger partial charge >= 0.3 is 5.97 Å². The molecule has 184 valence electrons. The van der Waals surface area contributed by atoms with Gasteiger partial charge in [-0.05, 0) is 43.4 Å². The standard InChI is InChI=1S/C26H22IN3O6/c1-2-26(33)15-4-17-21-13(6-30(17)22(31)14(15)7-34-23(26)32)20(24-8-25(9-24,10-24)29-27)12-3-18-19(36-11-35-18)5-16(12)28-21/h3-5,29,33H,2,6-11H2,1H3/t24?,25?,26-/m0/s1. The normalized spacial score (nSPS) is 30.2. The molecule has 0 unspecified atom stereocenters. The fraction of sp³-hybridized carbons (Fsp3) is 0.423. The number of hydrogen-bond donors (Lipinski definition) is 2. The van der Waals surface area contributed by atoms with Gasteiger partial charge in [0.05, 0.1) is 29.0 Å². The van der Waals surface area contributed by atoms with E-state index in [9.17, 15) is 14.7 Å². The average molecular weight is 599 g/mol. The molecule has 3 aliphatic heterocycles. The van der Waals surface area contributed by atoms with Crippen LogP contribution in [0.3, 0.4) is 0 Å². The summed E-state index contributed by atoms with van der Waals surface area (Å²) in [5.74, 6) is 0.656. The largest absolute Gasteiger partial charge is 0.458 e. The lowest BCUT2D eigenvalue weighted by molar-refractivity contribution is -0.172. The molecule has 0 amide bonds. The average Bonchev–Trinajstić information content (AvgIpc) is 3.43. The third kappa shape index (κ3) is 2.36. The molecule has 10 heteroatoms. The smallest absolute Gasteiger partial charge is 0.343 e. The zero-order chi connectivity index (χ0) is 24.6. The van der Waals surface area contributed by atoms with E-state index in [4.69, 9.17) is 19.2 Å². The summed E-state index contributed by atoms with van der Waals surface area (Å²) in [6, 6.07) is 5.72. The maximum absolute atomic E-state index is 13.7. The number of pyridine rings is 2. The van der Waals surface area contributed by atoms with E-state index in [0.717, 1.165) is 41.4 Å². The number of benzene rings is 1. The fourth-order valence-electron chi connectivity index (χ4n) is 7.23. The summed E-state index contributed by atoms with van der Waals surface area (Å²) in [7, 11) is 0. The predicted molar refractivity (Wildman–Crippen MR) is 136 cm³/mol. The van der Waals surface area contributed by atoms with E-state index >= 15 is 0 Å². The first-order chi connectivity index (χ1) is 17.3. The van der Waals surface area contributed by atoms with Crippen molar-refractivity contribution >= 4 is 39.7 Å². The topological polar surface area (TPSA) is 112 Å². The minimum Gasteiger partial charge on any atom is -0.458 e. The number of aliphatic hydroxyl groups is 1. The summed E-state index contributed by atoms with van der Waals surface area (Å²) in [5, 5.41) is 12.2. The van der Waals surface area contributed by atoms with Crippen LogP contribution in [0.5, 0.6) is 11.5 Å². The molecule has 2 bridgehead atoms. The molecule has 1 atom stereocenters. The highest BCUT2D eigenvalue weighted by molar-refractivity contribution is 14.1. The first-order valence-electron chi connectivity index (χ1n) is 12.1. The van der Waals surface area contributed by atoms with Crippen LogP contribution in [-0.2, 0) is 33.7 Å². The molecule has 0 radical (unpaired) electrons. The summed E-state index contributed by atoms with van der Waals surface area (Å²) in [6.45, 7) is 2.16. The summed E-state index contributed by atoms with van der Waals surface area (Å²) >= 11 is 2.25. The molecule has 2 aromatic heterocycles. The van der Waals surface area contributed by atoms with Crippen LogP contribution in [0.2, 0.25) is 0 Å². The van der Waals surface area contributed by atoms with Crippen molar-refractivity contribution in [2.45, 2.75) is 62.3 Å². The molecule has 0 spiro atoms. The number of rotatable bonds is 3. The highest BCUT2D eigenvalue weighted by Gasteiger charge is 2.69. The van der Waals surface area contributed by atoms with Gasteiger partial charge in [-0.25, -0.2) is 9.78 Å². The second kappa shape index (κ2) is 6.59. The molecule has 2 N–H and O–H groups in total. The lowest BCUT2D eigenvalue weighted by Gasteiger charge is -2.71. The van der Waals surface area contributed by atoms with Gasteiger partial charge in [-0.3, -0.25) is 8.32 Å². The number of nitrogens with zero attached hydrogens (tertiary/aromatic N) is 2. The molecular weight excluding hydrogens is 577 g/mol. The van der Waals surface area contributed by atoms with Crippen LogP contribution < -0.4 is 18.6 Å². The highest BCUT2D eigenvalue weighted by Crippen LogP contribution is 2.70. The van der Waals surface area contributed by atoms with Crippen molar-refractivity contribution in [2.24, 2.45) is 0 Å². The van der Waals surface area contributed by atoms with Crippen molar-refractivity contribution in [3.05, 3.63) is 50.8 Å². The first-order valence-corrected chi connectivity index (χ1v) is 13.2. The van der Waals surface area contributed by atoms with Gasteiger partial charge in [-0.15, -0.1) is 0 Å². The lowest BCUT2D eigenvalue weighted by Crippen LogP contribution is -2.74. The van der Waals surface area contributed by atoms with E-state index < -0.39 is 11.6 Å². The van der Waals surface area contributed by atoms with Crippen molar-refractivity contribution in [3.63, 3.8) is 0 Å². The molecule has 1 aromatic carbocycles. The second-order valence-electron chi connectivity index (χ2n) is 10.8. The number of hydrogen-bond acceptors (Lipinski definition) is 8. The SMILES string of the molecule is CC[C@@]1(O)C(=O)OCc2c1cc1n(c2=O)Cc2c-1nc1cc3c(cc1c2C12CC(NI)(C1)C2)OCO3. The molecule has 3 fully saturated rings. The van der Waals surface area contributed by atoms with Gasteiger partial charge in [0.25, 0.3) is 5.56 Å². The van der Waals surface area contributed by atoms with Gasteiger partial charge in [-0.1, -0.05) is 6.92 Å². The van der Waals surface area contributed by atoms with Crippen molar-refractivity contribution in [1.82, 2.24) is 13.1 Å². The maximum Gasteiger partial charge on any atom is 0.343 e. The Hall–Kier alpha value is -2.70. The second-order valence-corrected chi connectivity index (χ2v) is 11.4. The van der Waals surface area contributed by atoms with E-state index in [-0.39, 0.29) is 36.3 Å². The minimum atomic E-state index is -1.84. The Labute approximate surface area is 219 Å². The van der Waals surface area contributed by atoms with E-state index in [1.54, 1.807) is 17.6 Å². The number of esters is 1. The predicted octanol–water partition coefficient (Wildman–Crippen LogP) is 2.92.